The van der Waals surface area contributed by atoms with Crippen LogP contribution in [0.2, 0.25) is 0 Å². The van der Waals surface area contributed by atoms with Crippen LogP contribution < -0.4 is 0 Å². The van der Waals surface area contributed by atoms with Gasteiger partial charge in [0.05, 0.1) is 6.10 Å². The van der Waals surface area contributed by atoms with Crippen molar-refractivity contribution in [3.05, 3.63) is 23.3 Å². The molecule has 160 valence electrons. The van der Waals surface area contributed by atoms with E-state index in [0.29, 0.717) is 12.5 Å². The number of nitrogens with zero attached hydrogens (tertiary/aromatic N) is 1. The lowest BCUT2D eigenvalue weighted by Gasteiger charge is -2.58. The smallest absolute Gasteiger partial charge is 0.161 e. The van der Waals surface area contributed by atoms with Gasteiger partial charge in [-0.3, -0.25) is 4.79 Å². The number of benzene rings is 1. The van der Waals surface area contributed by atoms with Crippen molar-refractivity contribution in [3.63, 3.8) is 0 Å². The highest BCUT2D eigenvalue weighted by atomic mass is 16.5. The Labute approximate surface area is 174 Å². The first-order valence-corrected chi connectivity index (χ1v) is 11.1. The van der Waals surface area contributed by atoms with Crippen LogP contribution in [0.4, 0.5) is 0 Å². The molecule has 29 heavy (non-hydrogen) atoms. The van der Waals surface area contributed by atoms with Gasteiger partial charge >= 0.3 is 0 Å². The molecule has 0 radical (unpaired) electrons. The molecule has 1 aromatic carbocycles. The molecule has 0 aromatic heterocycles. The fourth-order valence-corrected chi connectivity index (χ4v) is 6.34. The summed E-state index contributed by atoms with van der Waals surface area (Å²) in [6, 6.07) is 3.79. The number of hydrogen-bond donors (Lipinski definition) is 2. The zero-order chi connectivity index (χ0) is 20.9. The second-order valence-electron chi connectivity index (χ2n) is 9.75. The maximum Gasteiger partial charge on any atom is 0.161 e. The zero-order valence-electron chi connectivity index (χ0n) is 18.1. The summed E-state index contributed by atoms with van der Waals surface area (Å²) in [7, 11) is 1.69. The van der Waals surface area contributed by atoms with Gasteiger partial charge in [0.25, 0.3) is 0 Å². The number of fused-ring (bicyclic) bond motifs is 1. The number of phenols is 2. The average Bonchev–Trinajstić information content (AvgIpc) is 3.50. The van der Waals surface area contributed by atoms with Crippen LogP contribution in [0.5, 0.6) is 11.5 Å². The van der Waals surface area contributed by atoms with E-state index in [0.717, 1.165) is 43.0 Å². The van der Waals surface area contributed by atoms with Crippen LogP contribution in [-0.4, -0.2) is 53.2 Å². The van der Waals surface area contributed by atoms with Gasteiger partial charge < -0.3 is 19.8 Å². The van der Waals surface area contributed by atoms with Gasteiger partial charge in [0.15, 0.2) is 11.5 Å². The fraction of sp³-hybridized carbons (Fsp3) is 0.708. The van der Waals surface area contributed by atoms with E-state index in [-0.39, 0.29) is 40.6 Å². The quantitative estimate of drug-likeness (QED) is 0.735. The molecule has 0 amide bonds. The average molecular weight is 402 g/mol. The number of phenolic OH excluding ortho intramolecular Hbond substituents is 2. The Morgan fingerprint density at radius 1 is 1.31 bits per heavy atom. The second kappa shape index (κ2) is 7.59. The number of ketones is 1. The molecule has 5 nitrogen and oxygen atoms in total. The van der Waals surface area contributed by atoms with Gasteiger partial charge in [-0.15, -0.1) is 0 Å². The van der Waals surface area contributed by atoms with Gasteiger partial charge in [-0.05, 0) is 82.9 Å². The predicted molar refractivity (Wildman–Crippen MR) is 112 cm³/mol. The summed E-state index contributed by atoms with van der Waals surface area (Å²) in [4.78, 5) is 15.1. The molecule has 2 aliphatic carbocycles. The Kier molecular flexibility index (Phi) is 5.41. The molecule has 1 saturated heterocycles. The number of likely N-dealkylation sites (tertiary alicyclic amines) is 1. The molecule has 2 N–H and O–H groups in total. The molecule has 3 fully saturated rings. The van der Waals surface area contributed by atoms with E-state index in [9.17, 15) is 15.0 Å². The molecule has 5 heteroatoms. The largest absolute Gasteiger partial charge is 0.504 e. The third-order valence-corrected chi connectivity index (χ3v) is 8.11. The number of aromatic hydroxyl groups is 2. The van der Waals surface area contributed by atoms with Gasteiger partial charge in [-0.1, -0.05) is 6.07 Å². The first kappa shape index (κ1) is 20.7. The molecule has 1 heterocycles. The van der Waals surface area contributed by atoms with Crippen molar-refractivity contribution in [2.24, 2.45) is 17.8 Å². The van der Waals surface area contributed by atoms with Gasteiger partial charge in [-0.25, -0.2) is 0 Å². The van der Waals surface area contributed by atoms with Crippen LogP contribution >= 0.6 is 0 Å². The molecule has 3 aliphatic rings. The predicted octanol–water partition coefficient (Wildman–Crippen LogP) is 3.78. The molecule has 0 bridgehead atoms. The third-order valence-electron chi connectivity index (χ3n) is 8.11. The van der Waals surface area contributed by atoms with E-state index in [1.54, 1.807) is 20.1 Å². The minimum atomic E-state index is -0.293. The van der Waals surface area contributed by atoms with Crippen molar-refractivity contribution in [1.29, 1.82) is 0 Å². The Balaban J connectivity index is 1.80. The molecule has 5 atom stereocenters. The Bertz CT molecular complexity index is 789. The van der Waals surface area contributed by atoms with Crippen molar-refractivity contribution in [2.75, 3.05) is 20.2 Å². The minimum Gasteiger partial charge on any atom is -0.504 e. The maximum absolute atomic E-state index is 12.5. The van der Waals surface area contributed by atoms with Crippen LogP contribution in [0.25, 0.3) is 0 Å². The SMILES string of the molecule is COC1CC2(c3c(C)ccc(O)c3O)CCN(CC3CC3)C(C)C2C[C@@H]1C(C)=O. The van der Waals surface area contributed by atoms with Crippen LogP contribution in [0.15, 0.2) is 12.1 Å². The van der Waals surface area contributed by atoms with E-state index < -0.39 is 0 Å². The number of aryl methyl sites for hydroxylation is 1. The first-order chi connectivity index (χ1) is 13.8. The second-order valence-corrected chi connectivity index (χ2v) is 9.75. The number of carbonyl (C=O) groups excluding carboxylic acids is 1. The molecule has 1 aromatic rings. The van der Waals surface area contributed by atoms with Crippen LogP contribution in [0.1, 0.15) is 57.1 Å². The van der Waals surface area contributed by atoms with Crippen molar-refractivity contribution in [3.8, 4) is 11.5 Å². The monoisotopic (exact) mass is 401 g/mol. The molecule has 2 saturated carbocycles. The van der Waals surface area contributed by atoms with Crippen molar-refractivity contribution in [2.45, 2.75) is 70.4 Å². The standard InChI is InChI=1S/C24H35NO4/c1-14-5-8-20(27)23(28)22(14)24-9-10-25(13-17-6-7-17)15(2)19(24)11-18(16(3)26)21(12-24)29-4/h5,8,15,17-19,21,27-28H,6-7,9-13H2,1-4H3/t15?,18-,19?,21?,24?/m1/s1. The van der Waals surface area contributed by atoms with Crippen LogP contribution in [0.3, 0.4) is 0 Å². The Morgan fingerprint density at radius 2 is 2.03 bits per heavy atom. The normalized spacial score (nSPS) is 35.3. The van der Waals surface area contributed by atoms with E-state index >= 15 is 0 Å². The summed E-state index contributed by atoms with van der Waals surface area (Å²) < 4.78 is 5.83. The highest BCUT2D eigenvalue weighted by Crippen LogP contribution is 2.57. The number of piperidine rings is 1. The van der Waals surface area contributed by atoms with E-state index in [1.165, 1.54) is 12.8 Å². The molecule has 0 spiro atoms. The summed E-state index contributed by atoms with van der Waals surface area (Å²) in [6.45, 7) is 8.10. The molecular formula is C24H35NO4. The lowest BCUT2D eigenvalue weighted by atomic mass is 9.53. The van der Waals surface area contributed by atoms with Gasteiger partial charge in [0.2, 0.25) is 0 Å². The van der Waals surface area contributed by atoms with Gasteiger partial charge in [0.1, 0.15) is 5.78 Å². The van der Waals surface area contributed by atoms with Crippen molar-refractivity contribution >= 4 is 5.78 Å². The molecule has 1 aliphatic heterocycles. The highest BCUT2D eigenvalue weighted by molar-refractivity contribution is 5.79. The van der Waals surface area contributed by atoms with E-state index in [2.05, 4.69) is 11.8 Å². The summed E-state index contributed by atoms with van der Waals surface area (Å²) in [5, 5.41) is 21.2. The van der Waals surface area contributed by atoms with Gasteiger partial charge in [0, 0.05) is 36.6 Å². The number of methoxy groups -OCH3 is 1. The fourth-order valence-electron chi connectivity index (χ4n) is 6.34. The van der Waals surface area contributed by atoms with E-state index in [4.69, 9.17) is 4.74 Å². The van der Waals surface area contributed by atoms with Crippen LogP contribution in [-0.2, 0) is 14.9 Å². The summed E-state index contributed by atoms with van der Waals surface area (Å²) in [5.74, 6) is 1.08. The summed E-state index contributed by atoms with van der Waals surface area (Å²) in [5.41, 5.74) is 1.58. The Hall–Kier alpha value is -1.59. The number of Topliss-reactive ketones (excluding diaryl/α,β-unsaturated/α-hetero) is 1. The van der Waals surface area contributed by atoms with Crippen molar-refractivity contribution < 1.29 is 19.7 Å². The molecular weight excluding hydrogens is 366 g/mol. The maximum atomic E-state index is 12.5. The summed E-state index contributed by atoms with van der Waals surface area (Å²) in [6.07, 6.45) is 4.88. The van der Waals surface area contributed by atoms with Gasteiger partial charge in [-0.2, -0.15) is 0 Å². The lowest BCUT2D eigenvalue weighted by molar-refractivity contribution is -0.135. The molecule has 4 unspecified atom stereocenters. The van der Waals surface area contributed by atoms with Crippen molar-refractivity contribution in [1.82, 2.24) is 4.90 Å². The van der Waals surface area contributed by atoms with Crippen LogP contribution in [0, 0.1) is 24.7 Å². The Morgan fingerprint density at radius 3 is 2.66 bits per heavy atom. The minimum absolute atomic E-state index is 0.00831. The zero-order valence-corrected chi connectivity index (χ0v) is 18.1. The van der Waals surface area contributed by atoms with E-state index in [1.807, 2.05) is 13.0 Å². The number of hydrogen-bond acceptors (Lipinski definition) is 5. The summed E-state index contributed by atoms with van der Waals surface area (Å²) >= 11 is 0. The topological polar surface area (TPSA) is 70.0 Å². The lowest BCUT2D eigenvalue weighted by Crippen LogP contribution is -2.61. The highest BCUT2D eigenvalue weighted by Gasteiger charge is 2.56. The first-order valence-electron chi connectivity index (χ1n) is 11.1. The third kappa shape index (κ3) is 3.46. The number of rotatable bonds is 5. The molecule has 4 rings (SSSR count). The number of ether oxygens (including phenoxy) is 1. The number of carbonyl (C=O) groups is 1.